The molecule has 2 atom stereocenters. The summed E-state index contributed by atoms with van der Waals surface area (Å²) < 4.78 is 129. The van der Waals surface area contributed by atoms with Gasteiger partial charge >= 0.3 is 6.36 Å². The minimum absolute atomic E-state index is 0.0607. The second kappa shape index (κ2) is 56.1. The Hall–Kier alpha value is -9.94. The SMILES string of the molecule is C=C(NC(C)C)NC(c1cccc(COC)c1)C1CC1.C=C(NCc1cc(COC)ccc1C1(OC)CCC1)NC(C)C.C=C(NCc1cc(COC)ccc1C1CC1(F)F)NC(C)C.C=C(NCc1cc(COC)ccc1OC(F)(F)F)NC(C)(C)C.C=C(NCc1cc(COC)ccc1OC1CCC1)NC(C)C.C=C(NCc1cc(COC)ccc1OCF)NC(C)C. The van der Waals surface area contributed by atoms with Gasteiger partial charge in [0.25, 0.3) is 5.92 Å². The van der Waals surface area contributed by atoms with Gasteiger partial charge in [0.1, 0.15) is 17.2 Å². The van der Waals surface area contributed by atoms with Gasteiger partial charge < -0.3 is 111 Å². The smallest absolute Gasteiger partial charge is 0.490 e. The highest BCUT2D eigenvalue weighted by molar-refractivity contribution is 5.43. The molecule has 4 aliphatic rings. The molecule has 4 aliphatic carbocycles. The van der Waals surface area contributed by atoms with Crippen LogP contribution in [-0.2, 0) is 111 Å². The molecule has 6 aromatic carbocycles. The Morgan fingerprint density at radius 1 is 0.423 bits per heavy atom. The first-order valence-electron chi connectivity index (χ1n) is 44.9. The lowest BCUT2D eigenvalue weighted by Crippen LogP contribution is -2.39. The van der Waals surface area contributed by atoms with Crippen LogP contribution < -0.4 is 78.0 Å². The summed E-state index contributed by atoms with van der Waals surface area (Å²) >= 11 is 0. The Bertz CT molecular complexity index is 4420. The summed E-state index contributed by atoms with van der Waals surface area (Å²) in [5, 5.41) is 38.8. The van der Waals surface area contributed by atoms with Gasteiger partial charge in [-0.2, -0.15) is 0 Å². The highest BCUT2D eigenvalue weighted by Gasteiger charge is 2.58. The molecular formula is C102H154F6N12O10. The molecule has 0 amide bonds. The molecule has 6 aromatic rings. The fourth-order valence-corrected chi connectivity index (χ4v) is 14.5. The van der Waals surface area contributed by atoms with Gasteiger partial charge in [-0.1, -0.05) is 118 Å². The lowest BCUT2D eigenvalue weighted by Gasteiger charge is -2.42. The fraction of sp³-hybridized carbons (Fsp3) is 0.529. The van der Waals surface area contributed by atoms with Crippen LogP contribution in [0.2, 0.25) is 0 Å². The van der Waals surface area contributed by atoms with E-state index in [0.717, 1.165) is 112 Å². The predicted molar refractivity (Wildman–Crippen MR) is 511 cm³/mol. The third-order valence-electron chi connectivity index (χ3n) is 20.7. The van der Waals surface area contributed by atoms with Crippen LogP contribution in [0, 0.1) is 5.92 Å². The molecular weight excluding hydrogens is 1670 g/mol. The molecule has 22 nitrogen and oxygen atoms in total. The van der Waals surface area contributed by atoms with Crippen LogP contribution >= 0.6 is 0 Å². The zero-order valence-electron chi connectivity index (χ0n) is 81.1. The molecule has 28 heteroatoms. The van der Waals surface area contributed by atoms with Gasteiger partial charge in [0.2, 0.25) is 6.86 Å². The van der Waals surface area contributed by atoms with Gasteiger partial charge in [0.15, 0.2) is 0 Å². The minimum Gasteiger partial charge on any atom is -0.490 e. The molecule has 0 radical (unpaired) electrons. The van der Waals surface area contributed by atoms with Crippen molar-refractivity contribution in [1.82, 2.24) is 63.8 Å². The van der Waals surface area contributed by atoms with Crippen molar-refractivity contribution in [3.8, 4) is 17.2 Å². The second-order valence-corrected chi connectivity index (χ2v) is 35.7. The quantitative estimate of drug-likeness (QED) is 0.0159. The Morgan fingerprint density at radius 3 is 1.17 bits per heavy atom. The standard InChI is InChI=1S/C19H30N2O2.C18H28N2O2.C17H24F2N2O.C17H26N2O.C16H23F3N2O2.C15H23FN2O2/c1-14(2)21-15(3)20-12-17-11-16(13-22-4)7-8-18(17)19(23-5)9-6-10-19;1-13(2)20-14(3)19-11-16-10-15(12-21-4)8-9-18(16)22-17-6-5-7-17;1-11(2)21-12(3)20-9-14-7-13(10-22-4)5-6-15(14)16-8-17(16,18)19;1-12(2)18-13(3)19-17(15-8-9-15)16-7-5-6-14(10-16)11-20-4;1-11(21-15(2,3)4)20-9-13-8-12(10-22-5)6-7-14(13)23-16(17,18)19;1-11(2)18-12(3)17-8-14-7-13(9-19-4)5-6-15(14)20-10-16/h7-8,11,14,20-21H,3,6,9-10,12-13H2,1-2,4-5H3;8-10,13,17,19-20H,3,5-7,11-12H2,1-2,4H3;5-7,11,16,20-21H,3,8-10H2,1-2,4H3;5-7,10,12,15,17-19H,3,8-9,11H2,1-2,4H3;6-8,20-21H,1,9-10H2,2-5H3;5-7,11,17-18H,3,8-10H2,1-2,4H3. The zero-order chi connectivity index (χ0) is 96.3. The summed E-state index contributed by atoms with van der Waals surface area (Å²) in [7, 11) is 11.8. The van der Waals surface area contributed by atoms with E-state index < -0.39 is 25.1 Å². The summed E-state index contributed by atoms with van der Waals surface area (Å²) in [6.07, 6.45) is 5.16. The number of alkyl halides is 6. The first kappa shape index (κ1) is 111. The van der Waals surface area contributed by atoms with E-state index in [1.54, 1.807) is 53.7 Å². The first-order chi connectivity index (χ1) is 61.6. The van der Waals surface area contributed by atoms with Crippen LogP contribution in [0.3, 0.4) is 0 Å². The van der Waals surface area contributed by atoms with Crippen molar-refractivity contribution in [2.75, 3.05) is 56.6 Å². The van der Waals surface area contributed by atoms with Crippen molar-refractivity contribution in [1.29, 1.82) is 0 Å². The van der Waals surface area contributed by atoms with E-state index in [4.69, 9.17) is 42.6 Å². The number of methoxy groups -OCH3 is 7. The maximum atomic E-state index is 13.4. The highest BCUT2D eigenvalue weighted by Crippen LogP contribution is 2.56. The average Bonchev–Trinajstić information content (AvgIpc) is 1.65. The van der Waals surface area contributed by atoms with Crippen molar-refractivity contribution in [3.63, 3.8) is 0 Å². The monoisotopic (exact) mass is 1820 g/mol. The molecule has 4 fully saturated rings. The predicted octanol–water partition coefficient (Wildman–Crippen LogP) is 20.0. The molecule has 0 aromatic heterocycles. The topological polar surface area (TPSA) is 237 Å². The third-order valence-corrected chi connectivity index (χ3v) is 20.7. The molecule has 12 N–H and O–H groups in total. The van der Waals surface area contributed by atoms with E-state index in [2.05, 4.69) is 210 Å². The first-order valence-corrected chi connectivity index (χ1v) is 44.9. The summed E-state index contributed by atoms with van der Waals surface area (Å²) in [6.45, 7) is 55.2. The molecule has 4 saturated carbocycles. The van der Waals surface area contributed by atoms with Gasteiger partial charge in [-0.25, -0.2) is 13.2 Å². The van der Waals surface area contributed by atoms with Gasteiger partial charge in [-0.05, 0) is 245 Å². The van der Waals surface area contributed by atoms with E-state index in [1.165, 1.54) is 72.7 Å². The molecule has 724 valence electrons. The molecule has 10 rings (SSSR count). The zero-order valence-corrected chi connectivity index (χ0v) is 81.1. The Balaban J connectivity index is 0.000000276. The number of benzene rings is 6. The second-order valence-electron chi connectivity index (χ2n) is 35.7. The maximum absolute atomic E-state index is 13.4. The number of rotatable bonds is 50. The molecule has 2 unspecified atom stereocenters. The largest absolute Gasteiger partial charge is 0.573 e. The van der Waals surface area contributed by atoms with Crippen LogP contribution in [0.15, 0.2) is 190 Å². The van der Waals surface area contributed by atoms with Crippen LogP contribution in [0.4, 0.5) is 26.3 Å². The van der Waals surface area contributed by atoms with Crippen molar-refractivity contribution < 1.29 is 73.7 Å². The van der Waals surface area contributed by atoms with Crippen LogP contribution in [0.5, 0.6) is 17.2 Å². The number of hydrogen-bond acceptors (Lipinski definition) is 22. The maximum Gasteiger partial charge on any atom is 0.573 e. The summed E-state index contributed by atoms with van der Waals surface area (Å²) in [6, 6.07) is 39.1. The van der Waals surface area contributed by atoms with Gasteiger partial charge in [-0.15, -0.1) is 13.2 Å². The Morgan fingerprint density at radius 2 is 0.792 bits per heavy atom. The Labute approximate surface area is 772 Å². The van der Waals surface area contributed by atoms with E-state index in [0.29, 0.717) is 119 Å². The van der Waals surface area contributed by atoms with Gasteiger partial charge in [0, 0.05) is 141 Å². The fourth-order valence-electron chi connectivity index (χ4n) is 14.5. The van der Waals surface area contributed by atoms with Gasteiger partial charge in [-0.3, -0.25) is 0 Å². The van der Waals surface area contributed by atoms with Gasteiger partial charge in [0.05, 0.1) is 98.2 Å². The lowest BCUT2D eigenvalue weighted by atomic mass is 9.73. The van der Waals surface area contributed by atoms with Crippen molar-refractivity contribution in [3.05, 3.63) is 268 Å². The highest BCUT2D eigenvalue weighted by atomic mass is 19.4. The van der Waals surface area contributed by atoms with Crippen LogP contribution in [0.1, 0.15) is 238 Å². The average molecular weight is 1820 g/mol. The number of ether oxygens (including phenoxy) is 10. The summed E-state index contributed by atoms with van der Waals surface area (Å²) in [4.78, 5) is 0. The summed E-state index contributed by atoms with van der Waals surface area (Å²) in [5.74, 6) is 3.28. The van der Waals surface area contributed by atoms with E-state index >= 15 is 0 Å². The minimum atomic E-state index is -4.74. The molecule has 0 heterocycles. The van der Waals surface area contributed by atoms with Crippen molar-refractivity contribution >= 4 is 0 Å². The van der Waals surface area contributed by atoms with E-state index in [-0.39, 0.29) is 35.9 Å². The van der Waals surface area contributed by atoms with E-state index in [1.807, 2.05) is 79.8 Å². The molecule has 0 bridgehead atoms. The molecule has 130 heavy (non-hydrogen) atoms. The Kier molecular flexibility index (Phi) is 47.7. The van der Waals surface area contributed by atoms with Crippen LogP contribution in [0.25, 0.3) is 0 Å². The molecule has 0 spiro atoms. The number of nitrogens with one attached hydrogen (secondary N) is 12. The third kappa shape index (κ3) is 42.1. The van der Waals surface area contributed by atoms with Crippen LogP contribution in [-0.4, -0.2) is 111 Å². The summed E-state index contributed by atoms with van der Waals surface area (Å²) in [5.41, 5.74) is 13.8. The molecule has 0 saturated heterocycles. The van der Waals surface area contributed by atoms with Crippen molar-refractivity contribution in [2.24, 2.45) is 5.92 Å². The van der Waals surface area contributed by atoms with E-state index in [9.17, 15) is 26.3 Å². The molecule has 0 aliphatic heterocycles. The number of halogens is 6. The lowest BCUT2D eigenvalue weighted by molar-refractivity contribution is -0.274. The normalized spacial score (nSPS) is 14.7. The van der Waals surface area contributed by atoms with Crippen molar-refractivity contribution in [2.45, 2.75) is 292 Å². The number of hydrogen-bond donors (Lipinski definition) is 12.